The van der Waals surface area contributed by atoms with Crippen LogP contribution in [0.5, 0.6) is 0 Å². The summed E-state index contributed by atoms with van der Waals surface area (Å²) in [4.78, 5) is 5.05. The number of piperidine rings is 1. The lowest BCUT2D eigenvalue weighted by atomic mass is 9.91. The van der Waals surface area contributed by atoms with Crippen LogP contribution in [0.3, 0.4) is 0 Å². The second-order valence-electron chi connectivity index (χ2n) is 5.29. The van der Waals surface area contributed by atoms with Gasteiger partial charge in [-0.15, -0.1) is 0 Å². The first kappa shape index (κ1) is 11.4. The molecule has 2 heterocycles. The monoisotopic (exact) mass is 211 g/mol. The summed E-state index contributed by atoms with van der Waals surface area (Å²) in [5.74, 6) is 0.874. The Labute approximate surface area is 93.8 Å². The summed E-state index contributed by atoms with van der Waals surface area (Å²) in [6.07, 6.45) is 4.18. The van der Waals surface area contributed by atoms with Gasteiger partial charge in [0.1, 0.15) is 0 Å². The predicted octanol–water partition coefficient (Wildman–Crippen LogP) is 0.622. The molecular formula is C12H25N3. The summed E-state index contributed by atoms with van der Waals surface area (Å²) in [6.45, 7) is 6.38. The van der Waals surface area contributed by atoms with Gasteiger partial charge in [-0.2, -0.15) is 0 Å². The normalized spacial score (nSPS) is 33.8. The van der Waals surface area contributed by atoms with Gasteiger partial charge in [0, 0.05) is 19.1 Å². The Morgan fingerprint density at radius 3 is 2.67 bits per heavy atom. The minimum Gasteiger partial charge on any atom is -0.315 e. The van der Waals surface area contributed by atoms with Gasteiger partial charge in [0.25, 0.3) is 0 Å². The zero-order valence-electron chi connectivity index (χ0n) is 10.2. The molecule has 88 valence electrons. The quantitative estimate of drug-likeness (QED) is 0.738. The highest BCUT2D eigenvalue weighted by Crippen LogP contribution is 2.20. The van der Waals surface area contributed by atoms with Crippen LogP contribution in [0.15, 0.2) is 0 Å². The maximum absolute atomic E-state index is 3.51. The van der Waals surface area contributed by atoms with E-state index >= 15 is 0 Å². The molecule has 2 fully saturated rings. The fourth-order valence-electron chi connectivity index (χ4n) is 3.01. The topological polar surface area (TPSA) is 18.5 Å². The minimum atomic E-state index is 0.736. The summed E-state index contributed by atoms with van der Waals surface area (Å²) in [5, 5.41) is 3.51. The van der Waals surface area contributed by atoms with Crippen LogP contribution in [-0.2, 0) is 0 Å². The van der Waals surface area contributed by atoms with Crippen LogP contribution in [-0.4, -0.2) is 62.7 Å². The van der Waals surface area contributed by atoms with Gasteiger partial charge >= 0.3 is 0 Å². The highest BCUT2D eigenvalue weighted by molar-refractivity contribution is 4.86. The van der Waals surface area contributed by atoms with Gasteiger partial charge in [0.2, 0.25) is 0 Å². The fourth-order valence-corrected chi connectivity index (χ4v) is 3.01. The summed E-state index contributed by atoms with van der Waals surface area (Å²) in [7, 11) is 4.43. The molecule has 2 atom stereocenters. The molecule has 0 amide bonds. The molecule has 15 heavy (non-hydrogen) atoms. The Morgan fingerprint density at radius 2 is 2.00 bits per heavy atom. The van der Waals surface area contributed by atoms with Gasteiger partial charge in [0.15, 0.2) is 0 Å². The average molecular weight is 211 g/mol. The first-order chi connectivity index (χ1) is 7.27. The molecular weight excluding hydrogens is 186 g/mol. The Morgan fingerprint density at radius 1 is 1.27 bits per heavy atom. The number of hydrogen-bond donors (Lipinski definition) is 1. The summed E-state index contributed by atoms with van der Waals surface area (Å²) >= 11 is 0. The number of likely N-dealkylation sites (N-methyl/N-ethyl adjacent to an activating group) is 1. The lowest BCUT2D eigenvalue weighted by Crippen LogP contribution is -2.51. The number of hydrogen-bond acceptors (Lipinski definition) is 3. The maximum atomic E-state index is 3.51. The fraction of sp³-hybridized carbons (Fsp3) is 1.00. The second-order valence-corrected chi connectivity index (χ2v) is 5.29. The van der Waals surface area contributed by atoms with Crippen LogP contribution in [0.1, 0.15) is 19.3 Å². The van der Waals surface area contributed by atoms with E-state index in [9.17, 15) is 0 Å². The number of likely N-dealkylation sites (tertiary alicyclic amines) is 1. The van der Waals surface area contributed by atoms with Gasteiger partial charge in [-0.25, -0.2) is 0 Å². The molecule has 2 unspecified atom stereocenters. The van der Waals surface area contributed by atoms with Gasteiger partial charge in [-0.3, -0.25) is 0 Å². The zero-order valence-corrected chi connectivity index (χ0v) is 10.2. The predicted molar refractivity (Wildman–Crippen MR) is 64.1 cm³/mol. The van der Waals surface area contributed by atoms with E-state index in [1.165, 1.54) is 52.0 Å². The van der Waals surface area contributed by atoms with Crippen molar-refractivity contribution in [3.05, 3.63) is 0 Å². The first-order valence-electron chi connectivity index (χ1n) is 6.37. The molecule has 3 heteroatoms. The van der Waals surface area contributed by atoms with Gasteiger partial charge in [-0.1, -0.05) is 0 Å². The van der Waals surface area contributed by atoms with Crippen molar-refractivity contribution in [3.8, 4) is 0 Å². The smallest absolute Gasteiger partial charge is 0.0255 e. The first-order valence-corrected chi connectivity index (χ1v) is 6.37. The third kappa shape index (κ3) is 2.92. The maximum Gasteiger partial charge on any atom is 0.0255 e. The molecule has 0 saturated carbocycles. The van der Waals surface area contributed by atoms with E-state index in [0.717, 1.165) is 12.0 Å². The Hall–Kier alpha value is -0.120. The van der Waals surface area contributed by atoms with E-state index in [4.69, 9.17) is 0 Å². The van der Waals surface area contributed by atoms with Crippen molar-refractivity contribution in [2.45, 2.75) is 25.3 Å². The molecule has 2 rings (SSSR count). The molecule has 0 spiro atoms. The minimum absolute atomic E-state index is 0.736. The van der Waals surface area contributed by atoms with Crippen molar-refractivity contribution in [1.29, 1.82) is 0 Å². The van der Waals surface area contributed by atoms with Crippen molar-refractivity contribution in [3.63, 3.8) is 0 Å². The molecule has 0 aromatic rings. The molecule has 2 aliphatic rings. The van der Waals surface area contributed by atoms with E-state index in [1.807, 2.05) is 0 Å². The number of nitrogens with one attached hydrogen (secondary N) is 1. The Kier molecular flexibility index (Phi) is 4.00. The third-order valence-corrected chi connectivity index (χ3v) is 3.94. The number of rotatable bonds is 3. The zero-order chi connectivity index (χ0) is 10.7. The molecule has 0 aromatic heterocycles. The van der Waals surface area contributed by atoms with Gasteiger partial charge in [-0.05, 0) is 58.9 Å². The van der Waals surface area contributed by atoms with Crippen molar-refractivity contribution in [2.75, 3.05) is 46.8 Å². The lowest BCUT2D eigenvalue weighted by molar-refractivity contribution is 0.131. The van der Waals surface area contributed by atoms with E-state index < -0.39 is 0 Å². The van der Waals surface area contributed by atoms with Crippen LogP contribution in [0.4, 0.5) is 0 Å². The molecule has 1 N–H and O–H groups in total. The summed E-state index contributed by atoms with van der Waals surface area (Å²) < 4.78 is 0. The largest absolute Gasteiger partial charge is 0.315 e. The van der Waals surface area contributed by atoms with Crippen LogP contribution in [0.25, 0.3) is 0 Å². The van der Waals surface area contributed by atoms with Crippen molar-refractivity contribution in [1.82, 2.24) is 15.1 Å². The third-order valence-electron chi connectivity index (χ3n) is 3.94. The second kappa shape index (κ2) is 5.28. The Bertz CT molecular complexity index is 187. The SMILES string of the molecule is CN(C)C1CNCCC1CN1CCCC1. The molecule has 2 saturated heterocycles. The van der Waals surface area contributed by atoms with E-state index in [0.29, 0.717) is 0 Å². The van der Waals surface area contributed by atoms with Crippen LogP contribution in [0, 0.1) is 5.92 Å². The lowest BCUT2D eigenvalue weighted by Gasteiger charge is -2.38. The van der Waals surface area contributed by atoms with E-state index in [2.05, 4.69) is 29.2 Å². The number of nitrogens with zero attached hydrogens (tertiary/aromatic N) is 2. The molecule has 0 bridgehead atoms. The van der Waals surface area contributed by atoms with Crippen molar-refractivity contribution in [2.24, 2.45) is 5.92 Å². The molecule has 2 aliphatic heterocycles. The van der Waals surface area contributed by atoms with Crippen molar-refractivity contribution >= 4 is 0 Å². The molecule has 0 aliphatic carbocycles. The highest BCUT2D eigenvalue weighted by atomic mass is 15.2. The Balaban J connectivity index is 1.86. The molecule has 0 aromatic carbocycles. The average Bonchev–Trinajstić information content (AvgIpc) is 2.71. The molecule has 0 radical (unpaired) electrons. The summed E-state index contributed by atoms with van der Waals surface area (Å²) in [5.41, 5.74) is 0. The van der Waals surface area contributed by atoms with Gasteiger partial charge in [0.05, 0.1) is 0 Å². The molecule has 3 nitrogen and oxygen atoms in total. The van der Waals surface area contributed by atoms with Crippen LogP contribution in [0.2, 0.25) is 0 Å². The standard InChI is InChI=1S/C12H25N3/c1-14(2)12-9-13-6-5-11(12)10-15-7-3-4-8-15/h11-13H,3-10H2,1-2H3. The van der Waals surface area contributed by atoms with Crippen LogP contribution >= 0.6 is 0 Å². The van der Waals surface area contributed by atoms with E-state index in [1.54, 1.807) is 0 Å². The van der Waals surface area contributed by atoms with Crippen LogP contribution < -0.4 is 5.32 Å². The highest BCUT2D eigenvalue weighted by Gasteiger charge is 2.28. The van der Waals surface area contributed by atoms with E-state index in [-0.39, 0.29) is 0 Å². The summed E-state index contributed by atoms with van der Waals surface area (Å²) in [6, 6.07) is 0.736. The van der Waals surface area contributed by atoms with Gasteiger partial charge < -0.3 is 15.1 Å². The van der Waals surface area contributed by atoms with Crippen molar-refractivity contribution < 1.29 is 0 Å².